The van der Waals surface area contributed by atoms with E-state index in [1.54, 1.807) is 0 Å². The second-order valence-electron chi connectivity index (χ2n) is 4.51. The average molecular weight is 211 g/mol. The third-order valence-electron chi connectivity index (χ3n) is 2.17. The van der Waals surface area contributed by atoms with Crippen molar-refractivity contribution in [2.45, 2.75) is 33.5 Å². The molecule has 1 fully saturated rings. The molecule has 82 valence electrons. The minimum atomic E-state index is -1.24. The van der Waals surface area contributed by atoms with Crippen LogP contribution >= 0.6 is 0 Å². The normalized spacial score (nSPS) is 21.5. The van der Waals surface area contributed by atoms with Gasteiger partial charge in [0.15, 0.2) is 5.92 Å². The molecule has 1 rings (SSSR count). The number of rotatable bonds is 1. The van der Waals surface area contributed by atoms with Gasteiger partial charge in [-0.3, -0.25) is 9.59 Å². The Hall–Kier alpha value is -1.57. The van der Waals surface area contributed by atoms with Crippen LogP contribution in [0, 0.1) is 22.7 Å². The van der Waals surface area contributed by atoms with E-state index in [0.717, 1.165) is 0 Å². The minimum absolute atomic E-state index is 0.706. The van der Waals surface area contributed by atoms with Crippen LogP contribution in [0.15, 0.2) is 0 Å². The summed E-state index contributed by atoms with van der Waals surface area (Å²) < 4.78 is 9.82. The molecule has 1 aliphatic heterocycles. The maximum atomic E-state index is 11.6. The highest BCUT2D eigenvalue weighted by molar-refractivity contribution is 5.97. The SMILES string of the molecule is CC1(C)OC(=O)C(C(C)(C)C#N)C(=O)O1. The van der Waals surface area contributed by atoms with Gasteiger partial charge in [0.25, 0.3) is 5.79 Å². The lowest BCUT2D eigenvalue weighted by atomic mass is 9.79. The van der Waals surface area contributed by atoms with Crippen molar-refractivity contribution in [2.75, 3.05) is 0 Å². The smallest absolute Gasteiger partial charge is 0.325 e. The van der Waals surface area contributed by atoms with Gasteiger partial charge in [0.1, 0.15) is 0 Å². The Balaban J connectivity index is 3.01. The number of nitrogens with zero attached hydrogens (tertiary/aromatic N) is 1. The Labute approximate surface area is 88.0 Å². The number of carbonyl (C=O) groups excluding carboxylic acids is 2. The van der Waals surface area contributed by atoms with Gasteiger partial charge in [-0.25, -0.2) is 0 Å². The molecule has 1 heterocycles. The predicted molar refractivity (Wildman–Crippen MR) is 49.1 cm³/mol. The third kappa shape index (κ3) is 2.09. The molecule has 5 nitrogen and oxygen atoms in total. The number of hydrogen-bond acceptors (Lipinski definition) is 5. The van der Waals surface area contributed by atoms with Crippen molar-refractivity contribution < 1.29 is 19.1 Å². The molecule has 5 heteroatoms. The van der Waals surface area contributed by atoms with Crippen LogP contribution in [0.1, 0.15) is 27.7 Å². The summed E-state index contributed by atoms with van der Waals surface area (Å²) in [5.41, 5.74) is -1.12. The fourth-order valence-corrected chi connectivity index (χ4v) is 1.37. The number of carbonyl (C=O) groups is 2. The first-order valence-corrected chi connectivity index (χ1v) is 4.56. The maximum Gasteiger partial charge on any atom is 0.325 e. The Bertz CT molecular complexity index is 331. The largest absolute Gasteiger partial charge is 0.422 e. The van der Waals surface area contributed by atoms with Gasteiger partial charge in [0.2, 0.25) is 0 Å². The average Bonchev–Trinajstić information content (AvgIpc) is 1.99. The molecule has 0 radical (unpaired) electrons. The zero-order chi connectivity index (χ0) is 11.9. The summed E-state index contributed by atoms with van der Waals surface area (Å²) in [7, 11) is 0. The standard InChI is InChI=1S/C10H13NO4/c1-9(2,5-11)6-7(12)14-10(3,4)15-8(6)13/h6H,1-4H3. The van der Waals surface area contributed by atoms with Crippen LogP contribution in [-0.4, -0.2) is 17.7 Å². The molecular weight excluding hydrogens is 198 g/mol. The zero-order valence-corrected chi connectivity index (χ0v) is 9.16. The molecule has 0 aromatic rings. The zero-order valence-electron chi connectivity index (χ0n) is 9.16. The Morgan fingerprint density at radius 3 is 2.00 bits per heavy atom. The van der Waals surface area contributed by atoms with Gasteiger partial charge in [-0.2, -0.15) is 5.26 Å². The van der Waals surface area contributed by atoms with Gasteiger partial charge in [-0.15, -0.1) is 0 Å². The van der Waals surface area contributed by atoms with Gasteiger partial charge < -0.3 is 9.47 Å². The van der Waals surface area contributed by atoms with Crippen molar-refractivity contribution in [2.24, 2.45) is 11.3 Å². The number of nitriles is 1. The van der Waals surface area contributed by atoms with Crippen LogP contribution in [0.3, 0.4) is 0 Å². The lowest BCUT2D eigenvalue weighted by Gasteiger charge is -2.36. The van der Waals surface area contributed by atoms with Crippen molar-refractivity contribution >= 4 is 11.9 Å². The monoisotopic (exact) mass is 211 g/mol. The van der Waals surface area contributed by atoms with Crippen molar-refractivity contribution in [1.29, 1.82) is 5.26 Å². The molecule has 0 bridgehead atoms. The molecule has 1 aliphatic rings. The molecule has 0 unspecified atom stereocenters. The van der Waals surface area contributed by atoms with E-state index in [2.05, 4.69) is 0 Å². The summed E-state index contributed by atoms with van der Waals surface area (Å²) >= 11 is 0. The van der Waals surface area contributed by atoms with Gasteiger partial charge >= 0.3 is 11.9 Å². The number of ether oxygens (including phenoxy) is 2. The first-order valence-electron chi connectivity index (χ1n) is 4.56. The summed E-state index contributed by atoms with van der Waals surface area (Å²) in [6.45, 7) is 5.94. The summed E-state index contributed by atoms with van der Waals surface area (Å²) in [5.74, 6) is -3.82. The Morgan fingerprint density at radius 2 is 1.67 bits per heavy atom. The van der Waals surface area contributed by atoms with Crippen LogP contribution in [-0.2, 0) is 19.1 Å². The third-order valence-corrected chi connectivity index (χ3v) is 2.17. The molecule has 0 amide bonds. The van der Waals surface area contributed by atoms with E-state index in [0.29, 0.717) is 0 Å². The van der Waals surface area contributed by atoms with E-state index in [-0.39, 0.29) is 0 Å². The summed E-state index contributed by atoms with van der Waals surface area (Å²) in [6, 6.07) is 1.90. The van der Waals surface area contributed by atoms with Gasteiger partial charge in [0, 0.05) is 13.8 Å². The topological polar surface area (TPSA) is 76.4 Å². The van der Waals surface area contributed by atoms with Gasteiger partial charge in [-0.05, 0) is 13.8 Å². The van der Waals surface area contributed by atoms with Crippen molar-refractivity contribution in [3.8, 4) is 6.07 Å². The molecule has 0 aromatic heterocycles. The van der Waals surface area contributed by atoms with E-state index in [9.17, 15) is 9.59 Å². The quantitative estimate of drug-likeness (QED) is 0.477. The van der Waals surface area contributed by atoms with Gasteiger partial charge in [-0.1, -0.05) is 0 Å². The summed E-state index contributed by atoms with van der Waals surface area (Å²) in [4.78, 5) is 23.1. The van der Waals surface area contributed by atoms with E-state index < -0.39 is 29.1 Å². The molecule has 0 aromatic carbocycles. The van der Waals surface area contributed by atoms with Crippen molar-refractivity contribution in [1.82, 2.24) is 0 Å². The predicted octanol–water partition coefficient (Wildman–Crippen LogP) is 0.988. The summed E-state index contributed by atoms with van der Waals surface area (Å²) in [5, 5.41) is 8.85. The molecule has 0 N–H and O–H groups in total. The number of cyclic esters (lactones) is 2. The van der Waals surface area contributed by atoms with E-state index >= 15 is 0 Å². The molecule has 1 saturated heterocycles. The first-order chi connectivity index (χ1) is 6.69. The van der Waals surface area contributed by atoms with Gasteiger partial charge in [0.05, 0.1) is 11.5 Å². The summed E-state index contributed by atoms with van der Waals surface area (Å²) in [6.07, 6.45) is 0. The molecular formula is C10H13NO4. The van der Waals surface area contributed by atoms with Crippen molar-refractivity contribution in [3.63, 3.8) is 0 Å². The maximum absolute atomic E-state index is 11.6. The Morgan fingerprint density at radius 1 is 1.27 bits per heavy atom. The first kappa shape index (κ1) is 11.5. The lowest BCUT2D eigenvalue weighted by Crippen LogP contribution is -2.50. The van der Waals surface area contributed by atoms with Crippen LogP contribution in [0.25, 0.3) is 0 Å². The minimum Gasteiger partial charge on any atom is -0.422 e. The highest BCUT2D eigenvalue weighted by Gasteiger charge is 2.51. The van der Waals surface area contributed by atoms with E-state index in [4.69, 9.17) is 14.7 Å². The molecule has 15 heavy (non-hydrogen) atoms. The van der Waals surface area contributed by atoms with Crippen molar-refractivity contribution in [3.05, 3.63) is 0 Å². The van der Waals surface area contributed by atoms with Crippen LogP contribution in [0.2, 0.25) is 0 Å². The van der Waals surface area contributed by atoms with Crippen LogP contribution in [0.4, 0.5) is 0 Å². The second-order valence-corrected chi connectivity index (χ2v) is 4.51. The number of hydrogen-bond donors (Lipinski definition) is 0. The molecule has 0 saturated carbocycles. The van der Waals surface area contributed by atoms with E-state index in [1.807, 2.05) is 6.07 Å². The van der Waals surface area contributed by atoms with Crippen LogP contribution < -0.4 is 0 Å². The molecule has 0 aliphatic carbocycles. The molecule has 0 spiro atoms. The fraction of sp³-hybridized carbons (Fsp3) is 0.700. The highest BCUT2D eigenvalue weighted by atomic mass is 16.7. The Kier molecular flexibility index (Phi) is 2.48. The highest BCUT2D eigenvalue weighted by Crippen LogP contribution is 2.34. The lowest BCUT2D eigenvalue weighted by molar-refractivity contribution is -0.243. The van der Waals surface area contributed by atoms with E-state index in [1.165, 1.54) is 27.7 Å². The molecule has 0 atom stereocenters. The fourth-order valence-electron chi connectivity index (χ4n) is 1.37. The van der Waals surface area contributed by atoms with Crippen LogP contribution in [0.5, 0.6) is 0 Å². The number of esters is 2. The second kappa shape index (κ2) is 3.23.